The van der Waals surface area contributed by atoms with Gasteiger partial charge in [-0.25, -0.2) is 0 Å². The van der Waals surface area contributed by atoms with Crippen LogP contribution in [0.1, 0.15) is 31.2 Å². The van der Waals surface area contributed by atoms with E-state index in [9.17, 15) is 14.4 Å². The first kappa shape index (κ1) is 18.8. The number of aromatic nitrogens is 3. The highest BCUT2D eigenvalue weighted by molar-refractivity contribution is 6.09. The second kappa shape index (κ2) is 7.46. The highest BCUT2D eigenvalue weighted by atomic mass is 16.2. The van der Waals surface area contributed by atoms with Crippen molar-refractivity contribution < 1.29 is 14.4 Å². The van der Waals surface area contributed by atoms with E-state index in [1.807, 2.05) is 54.7 Å². The zero-order valence-corrected chi connectivity index (χ0v) is 16.0. The molecule has 1 aliphatic rings. The topological polar surface area (TPSA) is 96.7 Å². The average molecular weight is 391 g/mol. The Labute approximate surface area is 167 Å². The molecule has 3 heterocycles. The minimum Gasteiger partial charge on any atom is -0.349 e. The summed E-state index contributed by atoms with van der Waals surface area (Å²) < 4.78 is 1.79. The number of pyridine rings is 1. The van der Waals surface area contributed by atoms with Crippen LogP contribution in [0, 0.1) is 0 Å². The summed E-state index contributed by atoms with van der Waals surface area (Å²) in [5.74, 6) is -0.159. The minimum absolute atomic E-state index is 0.0408. The first-order valence-corrected chi connectivity index (χ1v) is 9.45. The van der Waals surface area contributed by atoms with Crippen LogP contribution in [0.25, 0.3) is 5.65 Å². The van der Waals surface area contributed by atoms with Crippen LogP contribution in [0.5, 0.6) is 0 Å². The lowest BCUT2D eigenvalue weighted by Gasteiger charge is -2.22. The van der Waals surface area contributed by atoms with Crippen molar-refractivity contribution in [3.63, 3.8) is 0 Å². The highest BCUT2D eigenvalue weighted by Crippen LogP contribution is 2.36. The molecule has 0 aliphatic carbocycles. The van der Waals surface area contributed by atoms with E-state index >= 15 is 0 Å². The lowest BCUT2D eigenvalue weighted by molar-refractivity contribution is -0.140. The van der Waals surface area contributed by atoms with Crippen LogP contribution in [0.3, 0.4) is 0 Å². The number of likely N-dealkylation sites (tertiary alicyclic amines) is 1. The van der Waals surface area contributed by atoms with Crippen LogP contribution in [-0.4, -0.2) is 43.8 Å². The van der Waals surface area contributed by atoms with Crippen LogP contribution >= 0.6 is 0 Å². The maximum atomic E-state index is 12.9. The zero-order chi connectivity index (χ0) is 20.4. The number of benzene rings is 1. The molecule has 1 saturated heterocycles. The van der Waals surface area contributed by atoms with Gasteiger partial charge in [-0.1, -0.05) is 36.4 Å². The number of nitrogens with one attached hydrogen (secondary N) is 1. The third-order valence-corrected chi connectivity index (χ3v) is 5.32. The Bertz CT molecular complexity index is 1080. The predicted molar refractivity (Wildman–Crippen MR) is 105 cm³/mol. The molecule has 0 unspecified atom stereocenters. The number of nitrogens with zero attached hydrogens (tertiary/aromatic N) is 4. The Hall–Kier alpha value is -3.55. The second-order valence-electron chi connectivity index (χ2n) is 7.30. The van der Waals surface area contributed by atoms with Crippen molar-refractivity contribution in [2.45, 2.75) is 31.7 Å². The van der Waals surface area contributed by atoms with Gasteiger partial charge in [-0.05, 0) is 24.6 Å². The zero-order valence-electron chi connectivity index (χ0n) is 16.0. The van der Waals surface area contributed by atoms with Crippen molar-refractivity contribution in [1.29, 1.82) is 0 Å². The molecule has 1 fully saturated rings. The van der Waals surface area contributed by atoms with Gasteiger partial charge in [0.25, 0.3) is 0 Å². The molecule has 148 valence electrons. The molecule has 2 aromatic heterocycles. The molecule has 1 aromatic carbocycles. The van der Waals surface area contributed by atoms with Crippen LogP contribution in [0.4, 0.5) is 0 Å². The van der Waals surface area contributed by atoms with E-state index in [0.29, 0.717) is 11.5 Å². The van der Waals surface area contributed by atoms with Gasteiger partial charge in [0, 0.05) is 25.6 Å². The van der Waals surface area contributed by atoms with Gasteiger partial charge >= 0.3 is 0 Å². The van der Waals surface area contributed by atoms with Crippen LogP contribution in [-0.2, 0) is 26.3 Å². The van der Waals surface area contributed by atoms with Crippen LogP contribution < -0.4 is 5.32 Å². The van der Waals surface area contributed by atoms with Gasteiger partial charge in [-0.3, -0.25) is 23.7 Å². The Balaban J connectivity index is 1.35. The molecule has 29 heavy (non-hydrogen) atoms. The van der Waals surface area contributed by atoms with Crippen molar-refractivity contribution in [3.8, 4) is 0 Å². The summed E-state index contributed by atoms with van der Waals surface area (Å²) >= 11 is 0. The van der Waals surface area contributed by atoms with Crippen molar-refractivity contribution in [1.82, 2.24) is 24.8 Å². The molecule has 0 spiro atoms. The summed E-state index contributed by atoms with van der Waals surface area (Å²) in [5, 5.41) is 10.9. The van der Waals surface area contributed by atoms with Gasteiger partial charge in [0.05, 0.1) is 12.0 Å². The quantitative estimate of drug-likeness (QED) is 0.642. The molecule has 0 bridgehead atoms. The number of rotatable bonds is 6. The van der Waals surface area contributed by atoms with Gasteiger partial charge in [-0.15, -0.1) is 10.2 Å². The lowest BCUT2D eigenvalue weighted by Crippen LogP contribution is -2.38. The summed E-state index contributed by atoms with van der Waals surface area (Å²) in [6, 6.07) is 14.8. The van der Waals surface area contributed by atoms with E-state index in [2.05, 4.69) is 15.5 Å². The van der Waals surface area contributed by atoms with Crippen molar-refractivity contribution in [3.05, 3.63) is 66.1 Å². The van der Waals surface area contributed by atoms with E-state index in [1.165, 1.54) is 4.90 Å². The highest BCUT2D eigenvalue weighted by Gasteiger charge is 2.49. The molecular formula is C21H21N5O3. The number of carbonyl (C=O) groups excluding carboxylic acids is 3. The number of amides is 3. The van der Waals surface area contributed by atoms with Crippen molar-refractivity contribution in [2.75, 3.05) is 6.54 Å². The average Bonchev–Trinajstić information content (AvgIpc) is 3.25. The standard InChI is InChI=1S/C21H21N5O3/c1-21(15-7-3-2-4-8-15)13-19(28)26(20(21)29)12-10-18(27)22-14-17-24-23-16-9-5-6-11-25(16)17/h2-9,11H,10,12-14H2,1H3,(H,22,27)/t21-/m1/s1. The fourth-order valence-corrected chi connectivity index (χ4v) is 3.63. The Morgan fingerprint density at radius 3 is 2.66 bits per heavy atom. The van der Waals surface area contributed by atoms with Gasteiger partial charge in [0.15, 0.2) is 11.5 Å². The third-order valence-electron chi connectivity index (χ3n) is 5.32. The SMILES string of the molecule is C[C@]1(c2ccccc2)CC(=O)N(CCC(=O)NCc2nnc3ccccn23)C1=O. The van der Waals surface area contributed by atoms with E-state index in [-0.39, 0.29) is 43.7 Å². The van der Waals surface area contributed by atoms with Gasteiger partial charge < -0.3 is 5.32 Å². The van der Waals surface area contributed by atoms with E-state index in [1.54, 1.807) is 11.3 Å². The molecule has 1 N–H and O–H groups in total. The Morgan fingerprint density at radius 2 is 1.86 bits per heavy atom. The monoisotopic (exact) mass is 391 g/mol. The molecule has 0 radical (unpaired) electrons. The molecule has 8 heteroatoms. The Morgan fingerprint density at radius 1 is 1.10 bits per heavy atom. The van der Waals surface area contributed by atoms with Crippen molar-refractivity contribution in [2.24, 2.45) is 0 Å². The van der Waals surface area contributed by atoms with Gasteiger partial charge in [-0.2, -0.15) is 0 Å². The maximum absolute atomic E-state index is 12.9. The van der Waals surface area contributed by atoms with E-state index in [0.717, 1.165) is 5.56 Å². The number of fused-ring (bicyclic) bond motifs is 1. The first-order chi connectivity index (χ1) is 14.0. The maximum Gasteiger partial charge on any atom is 0.240 e. The lowest BCUT2D eigenvalue weighted by atomic mass is 9.81. The molecule has 4 rings (SSSR count). The van der Waals surface area contributed by atoms with E-state index < -0.39 is 5.41 Å². The molecule has 8 nitrogen and oxygen atoms in total. The summed E-state index contributed by atoms with van der Waals surface area (Å²) in [5.41, 5.74) is 0.629. The summed E-state index contributed by atoms with van der Waals surface area (Å²) in [4.78, 5) is 38.8. The predicted octanol–water partition coefficient (Wildman–Crippen LogP) is 1.45. The summed E-state index contributed by atoms with van der Waals surface area (Å²) in [6.07, 6.45) is 1.98. The number of imide groups is 1. The summed E-state index contributed by atoms with van der Waals surface area (Å²) in [7, 11) is 0. The van der Waals surface area contributed by atoms with Crippen molar-refractivity contribution >= 4 is 23.4 Å². The smallest absolute Gasteiger partial charge is 0.240 e. The van der Waals surface area contributed by atoms with Crippen LogP contribution in [0.2, 0.25) is 0 Å². The van der Waals surface area contributed by atoms with Gasteiger partial charge in [0.2, 0.25) is 17.7 Å². The third kappa shape index (κ3) is 3.49. The molecule has 1 aliphatic heterocycles. The molecule has 0 saturated carbocycles. The molecule has 1 atom stereocenters. The normalized spacial score (nSPS) is 19.1. The van der Waals surface area contributed by atoms with Crippen LogP contribution in [0.15, 0.2) is 54.7 Å². The molecule has 3 aromatic rings. The second-order valence-corrected chi connectivity index (χ2v) is 7.30. The number of hydrogen-bond acceptors (Lipinski definition) is 5. The largest absolute Gasteiger partial charge is 0.349 e. The first-order valence-electron chi connectivity index (χ1n) is 9.45. The Kier molecular flexibility index (Phi) is 4.84. The molecular weight excluding hydrogens is 370 g/mol. The molecule has 3 amide bonds. The fraction of sp³-hybridized carbons (Fsp3) is 0.286. The summed E-state index contributed by atoms with van der Waals surface area (Å²) in [6.45, 7) is 2.05. The van der Waals surface area contributed by atoms with Gasteiger partial charge in [0.1, 0.15) is 0 Å². The fourth-order valence-electron chi connectivity index (χ4n) is 3.63. The van der Waals surface area contributed by atoms with E-state index in [4.69, 9.17) is 0 Å². The number of hydrogen-bond donors (Lipinski definition) is 1. The number of carbonyl (C=O) groups is 3. The minimum atomic E-state index is -0.880.